The summed E-state index contributed by atoms with van der Waals surface area (Å²) < 4.78 is 37.0. The predicted molar refractivity (Wildman–Crippen MR) is 60.8 cm³/mol. The van der Waals surface area contributed by atoms with Crippen molar-refractivity contribution in [2.24, 2.45) is 0 Å². The third kappa shape index (κ3) is 9.25. The van der Waals surface area contributed by atoms with Gasteiger partial charge < -0.3 is 10.5 Å². The maximum Gasteiger partial charge on any atom is 0.394 e. The molecule has 0 unspecified atom stereocenters. The lowest BCUT2D eigenvalue weighted by Gasteiger charge is -2.10. The Morgan fingerprint density at radius 2 is 1.69 bits per heavy atom. The molecule has 1 aromatic rings. The summed E-state index contributed by atoms with van der Waals surface area (Å²) in [7, 11) is -4.67. The highest BCUT2D eigenvalue weighted by Gasteiger charge is 1.99. The van der Waals surface area contributed by atoms with Gasteiger partial charge in [-0.2, -0.15) is 8.42 Å². The zero-order valence-corrected chi connectivity index (χ0v) is 9.81. The van der Waals surface area contributed by atoms with Gasteiger partial charge in [0.05, 0.1) is 11.8 Å². The molecular formula is C9H15NO5S. The Balaban J connectivity index is 0.000000385. The first kappa shape index (κ1) is 14.7. The highest BCUT2D eigenvalue weighted by molar-refractivity contribution is 7.79. The van der Waals surface area contributed by atoms with E-state index >= 15 is 0 Å². The molecule has 6 nitrogen and oxygen atoms in total. The Hall–Kier alpha value is -1.31. The average Bonchev–Trinajstić information content (AvgIpc) is 2.05. The molecule has 0 fully saturated rings. The second-order valence-electron chi connectivity index (χ2n) is 3.15. The molecule has 4 N–H and O–H groups in total. The fourth-order valence-electron chi connectivity index (χ4n) is 0.842. The van der Waals surface area contributed by atoms with Crippen molar-refractivity contribution in [1.29, 1.82) is 0 Å². The third-order valence-electron chi connectivity index (χ3n) is 1.28. The molecule has 0 saturated heterocycles. The Bertz CT molecular complexity index is 408. The fraction of sp³-hybridized carbons (Fsp3) is 0.333. The quantitative estimate of drug-likeness (QED) is 0.540. The van der Waals surface area contributed by atoms with Gasteiger partial charge >= 0.3 is 10.4 Å². The fourth-order valence-corrected chi connectivity index (χ4v) is 0.842. The molecular weight excluding hydrogens is 234 g/mol. The first-order chi connectivity index (χ1) is 7.20. The Morgan fingerprint density at radius 3 is 2.06 bits per heavy atom. The number of rotatable bonds is 2. The molecule has 0 aliphatic carbocycles. The molecule has 0 saturated carbocycles. The van der Waals surface area contributed by atoms with Gasteiger partial charge in [0.2, 0.25) is 0 Å². The van der Waals surface area contributed by atoms with Crippen molar-refractivity contribution >= 4 is 16.1 Å². The molecule has 0 spiro atoms. The van der Waals surface area contributed by atoms with E-state index in [9.17, 15) is 0 Å². The minimum atomic E-state index is -4.67. The maximum absolute atomic E-state index is 8.74. The number of hydrogen-bond donors (Lipinski definition) is 3. The Labute approximate surface area is 94.6 Å². The summed E-state index contributed by atoms with van der Waals surface area (Å²) in [4.78, 5) is 0. The summed E-state index contributed by atoms with van der Waals surface area (Å²) in [6, 6.07) is 7.50. The number of hydrogen-bond acceptors (Lipinski definition) is 4. The van der Waals surface area contributed by atoms with Crippen LogP contribution in [0.25, 0.3) is 0 Å². The summed E-state index contributed by atoms with van der Waals surface area (Å²) in [5, 5.41) is 0. The molecule has 0 amide bonds. The van der Waals surface area contributed by atoms with E-state index in [4.69, 9.17) is 28.0 Å². The van der Waals surface area contributed by atoms with E-state index in [1.54, 1.807) is 0 Å². The molecule has 0 atom stereocenters. The number of anilines is 1. The van der Waals surface area contributed by atoms with E-state index in [0.29, 0.717) is 5.69 Å². The highest BCUT2D eigenvalue weighted by Crippen LogP contribution is 2.20. The Kier molecular flexibility index (Phi) is 5.79. The lowest BCUT2D eigenvalue weighted by atomic mass is 10.3. The van der Waals surface area contributed by atoms with Gasteiger partial charge in [-0.25, -0.2) is 0 Å². The van der Waals surface area contributed by atoms with Crippen LogP contribution in [0.1, 0.15) is 13.8 Å². The first-order valence-corrected chi connectivity index (χ1v) is 5.81. The minimum Gasteiger partial charge on any atom is -0.489 e. The van der Waals surface area contributed by atoms with Gasteiger partial charge in [0.15, 0.2) is 0 Å². The van der Waals surface area contributed by atoms with Crippen LogP contribution in [-0.2, 0) is 10.4 Å². The first-order valence-electron chi connectivity index (χ1n) is 4.41. The van der Waals surface area contributed by atoms with Gasteiger partial charge in [0, 0.05) is 0 Å². The van der Waals surface area contributed by atoms with Gasteiger partial charge in [-0.15, -0.1) is 0 Å². The largest absolute Gasteiger partial charge is 0.489 e. The normalized spacial score (nSPS) is 10.6. The van der Waals surface area contributed by atoms with Gasteiger partial charge in [-0.3, -0.25) is 9.11 Å². The molecule has 0 aliphatic heterocycles. The van der Waals surface area contributed by atoms with Crippen molar-refractivity contribution in [3.05, 3.63) is 24.3 Å². The second kappa shape index (κ2) is 6.31. The summed E-state index contributed by atoms with van der Waals surface area (Å²) >= 11 is 0. The highest BCUT2D eigenvalue weighted by atomic mass is 32.3. The zero-order valence-electron chi connectivity index (χ0n) is 8.99. The van der Waals surface area contributed by atoms with Crippen LogP contribution in [-0.4, -0.2) is 23.6 Å². The van der Waals surface area contributed by atoms with Crippen LogP contribution >= 0.6 is 0 Å². The molecule has 92 valence electrons. The van der Waals surface area contributed by atoms with Crippen LogP contribution in [0.4, 0.5) is 5.69 Å². The predicted octanol–water partition coefficient (Wildman–Crippen LogP) is 1.40. The van der Waals surface area contributed by atoms with Crippen molar-refractivity contribution in [2.45, 2.75) is 20.0 Å². The van der Waals surface area contributed by atoms with Crippen LogP contribution in [0.15, 0.2) is 24.3 Å². The van der Waals surface area contributed by atoms with Gasteiger partial charge in [-0.1, -0.05) is 12.1 Å². The molecule has 0 heterocycles. The number of ether oxygens (including phenoxy) is 1. The smallest absolute Gasteiger partial charge is 0.394 e. The molecule has 0 aromatic heterocycles. The van der Waals surface area contributed by atoms with Crippen LogP contribution in [0.3, 0.4) is 0 Å². The van der Waals surface area contributed by atoms with Crippen molar-refractivity contribution in [3.63, 3.8) is 0 Å². The van der Waals surface area contributed by atoms with E-state index in [2.05, 4.69) is 0 Å². The lowest BCUT2D eigenvalue weighted by molar-refractivity contribution is 0.244. The van der Waals surface area contributed by atoms with E-state index in [1.807, 2.05) is 38.1 Å². The SMILES string of the molecule is CC(C)Oc1ccccc1N.O=S(=O)(O)O. The zero-order chi connectivity index (χ0) is 12.8. The van der Waals surface area contributed by atoms with Crippen LogP contribution in [0, 0.1) is 0 Å². The molecule has 0 aliphatic rings. The topological polar surface area (TPSA) is 110 Å². The van der Waals surface area contributed by atoms with Gasteiger partial charge in [0.25, 0.3) is 0 Å². The molecule has 0 radical (unpaired) electrons. The Morgan fingerprint density at radius 1 is 1.25 bits per heavy atom. The summed E-state index contributed by atoms with van der Waals surface area (Å²) in [5.41, 5.74) is 6.34. The average molecular weight is 249 g/mol. The third-order valence-corrected chi connectivity index (χ3v) is 1.28. The van der Waals surface area contributed by atoms with E-state index in [1.165, 1.54) is 0 Å². The number of benzene rings is 1. The van der Waals surface area contributed by atoms with Crippen molar-refractivity contribution < 1.29 is 22.3 Å². The van der Waals surface area contributed by atoms with Crippen LogP contribution in [0.2, 0.25) is 0 Å². The van der Waals surface area contributed by atoms with E-state index in [0.717, 1.165) is 5.75 Å². The standard InChI is InChI=1S/C9H13NO.H2O4S/c1-7(2)11-9-6-4-3-5-8(9)10;1-5(2,3)4/h3-7H,10H2,1-2H3;(H2,1,2,3,4). The number of nitrogen functional groups attached to an aromatic ring is 1. The minimum absolute atomic E-state index is 0.180. The molecule has 1 aromatic carbocycles. The number of nitrogens with two attached hydrogens (primary N) is 1. The lowest BCUT2D eigenvalue weighted by Crippen LogP contribution is -2.06. The molecule has 0 bridgehead atoms. The van der Waals surface area contributed by atoms with Crippen molar-refractivity contribution in [2.75, 3.05) is 5.73 Å². The number of para-hydroxylation sites is 2. The van der Waals surface area contributed by atoms with Crippen molar-refractivity contribution in [3.8, 4) is 5.75 Å². The summed E-state index contributed by atoms with van der Waals surface area (Å²) in [5.74, 6) is 0.766. The molecule has 1 rings (SSSR count). The second-order valence-corrected chi connectivity index (χ2v) is 4.05. The van der Waals surface area contributed by atoms with Crippen molar-refractivity contribution in [1.82, 2.24) is 0 Å². The van der Waals surface area contributed by atoms with E-state index < -0.39 is 10.4 Å². The summed E-state index contributed by atoms with van der Waals surface area (Å²) in [6.45, 7) is 3.96. The maximum atomic E-state index is 8.74. The van der Waals surface area contributed by atoms with Gasteiger partial charge in [-0.05, 0) is 26.0 Å². The van der Waals surface area contributed by atoms with E-state index in [-0.39, 0.29) is 6.10 Å². The van der Waals surface area contributed by atoms with Crippen LogP contribution < -0.4 is 10.5 Å². The molecule has 7 heteroatoms. The molecule has 16 heavy (non-hydrogen) atoms. The summed E-state index contributed by atoms with van der Waals surface area (Å²) in [6.07, 6.45) is 0.180. The van der Waals surface area contributed by atoms with Gasteiger partial charge in [0.1, 0.15) is 5.75 Å². The van der Waals surface area contributed by atoms with Crippen LogP contribution in [0.5, 0.6) is 5.75 Å². The monoisotopic (exact) mass is 249 g/mol.